The number of aromatic nitrogens is 6. The summed E-state index contributed by atoms with van der Waals surface area (Å²) in [6, 6.07) is 4.12. The maximum Gasteiger partial charge on any atom is 0.573 e. The lowest BCUT2D eigenvalue weighted by atomic mass is 10.1. The van der Waals surface area contributed by atoms with Crippen LogP contribution in [0.2, 0.25) is 0 Å². The van der Waals surface area contributed by atoms with Crippen molar-refractivity contribution < 1.29 is 26.7 Å². The first kappa shape index (κ1) is 21.3. The molecular weight excluding hydrogens is 440 g/mol. The van der Waals surface area contributed by atoms with Gasteiger partial charge in [-0.25, -0.2) is 19.2 Å². The number of alkyl halides is 4. The van der Waals surface area contributed by atoms with E-state index in [-0.39, 0.29) is 29.2 Å². The second-order valence-electron chi connectivity index (χ2n) is 6.73. The average molecular weight is 454 g/mol. The molecule has 0 aliphatic carbocycles. The molecule has 0 saturated carbocycles. The Morgan fingerprint density at radius 3 is 2.50 bits per heavy atom. The summed E-state index contributed by atoms with van der Waals surface area (Å²) in [6.45, 7) is -0.772. The second kappa shape index (κ2) is 7.94. The fourth-order valence-electron chi connectivity index (χ4n) is 2.99. The van der Waals surface area contributed by atoms with E-state index in [4.69, 9.17) is 4.42 Å². The summed E-state index contributed by atoms with van der Waals surface area (Å²) in [4.78, 5) is 32.6. The zero-order chi connectivity index (χ0) is 23.0. The Hall–Kier alpha value is -3.97. The van der Waals surface area contributed by atoms with E-state index in [0.29, 0.717) is 0 Å². The van der Waals surface area contributed by atoms with Gasteiger partial charge in [0, 0.05) is 7.05 Å². The predicted octanol–water partition coefficient (Wildman–Crippen LogP) is 1.94. The molecule has 0 amide bonds. The molecule has 0 unspecified atom stereocenters. The van der Waals surface area contributed by atoms with E-state index in [1.165, 1.54) is 17.2 Å². The highest BCUT2D eigenvalue weighted by molar-refractivity contribution is 5.68. The molecule has 0 bridgehead atoms. The van der Waals surface area contributed by atoms with Crippen LogP contribution in [0, 0.1) is 0 Å². The molecule has 168 valence electrons. The van der Waals surface area contributed by atoms with Gasteiger partial charge in [-0.3, -0.25) is 9.36 Å². The Morgan fingerprint density at radius 2 is 1.81 bits per heavy atom. The summed E-state index contributed by atoms with van der Waals surface area (Å²) < 4.78 is 63.3. The van der Waals surface area contributed by atoms with Crippen LogP contribution in [0.4, 0.5) is 17.6 Å². The van der Waals surface area contributed by atoms with Crippen LogP contribution in [0.15, 0.2) is 50.9 Å². The molecule has 0 saturated heterocycles. The highest BCUT2D eigenvalue weighted by Gasteiger charge is 2.31. The number of hydrogen-bond acceptors (Lipinski definition) is 7. The number of halogens is 4. The molecule has 0 aliphatic rings. The number of imidazole rings is 1. The van der Waals surface area contributed by atoms with Crippen molar-refractivity contribution in [1.29, 1.82) is 0 Å². The molecule has 4 rings (SSSR count). The van der Waals surface area contributed by atoms with Gasteiger partial charge in [0.25, 0.3) is 5.56 Å². The summed E-state index contributed by atoms with van der Waals surface area (Å²) >= 11 is 0. The van der Waals surface area contributed by atoms with Gasteiger partial charge in [0.15, 0.2) is 11.2 Å². The zero-order valence-electron chi connectivity index (χ0n) is 16.3. The van der Waals surface area contributed by atoms with Crippen LogP contribution in [0.25, 0.3) is 11.2 Å². The lowest BCUT2D eigenvalue weighted by molar-refractivity contribution is -0.274. The average Bonchev–Trinajstić information content (AvgIpc) is 3.26. The third kappa shape index (κ3) is 4.38. The third-order valence-electron chi connectivity index (χ3n) is 4.46. The Morgan fingerprint density at radius 1 is 1.12 bits per heavy atom. The van der Waals surface area contributed by atoms with E-state index < -0.39 is 36.1 Å². The number of aryl methyl sites for hydroxylation is 1. The minimum Gasteiger partial charge on any atom is -0.406 e. The Kier molecular flexibility index (Phi) is 5.28. The molecule has 14 heteroatoms. The topological polar surface area (TPSA) is 110 Å². The summed E-state index contributed by atoms with van der Waals surface area (Å²) in [7, 11) is 1.63. The van der Waals surface area contributed by atoms with Crippen molar-refractivity contribution in [3.05, 3.63) is 69.3 Å². The maximum atomic E-state index is 14.6. The Balaban J connectivity index is 1.49. The van der Waals surface area contributed by atoms with Crippen molar-refractivity contribution in [2.75, 3.05) is 0 Å². The molecule has 3 heterocycles. The van der Waals surface area contributed by atoms with Crippen molar-refractivity contribution in [2.45, 2.75) is 25.6 Å². The van der Waals surface area contributed by atoms with Crippen LogP contribution in [-0.2, 0) is 20.1 Å². The number of rotatable bonds is 6. The minimum absolute atomic E-state index is 0.0121. The van der Waals surface area contributed by atoms with E-state index >= 15 is 0 Å². The van der Waals surface area contributed by atoms with Gasteiger partial charge in [-0.1, -0.05) is 12.1 Å². The molecule has 4 aromatic rings. The molecule has 0 fully saturated rings. The molecule has 32 heavy (non-hydrogen) atoms. The van der Waals surface area contributed by atoms with Gasteiger partial charge in [0.1, 0.15) is 24.8 Å². The highest BCUT2D eigenvalue weighted by Crippen LogP contribution is 2.26. The van der Waals surface area contributed by atoms with Crippen LogP contribution in [0.5, 0.6) is 5.75 Å². The predicted molar refractivity (Wildman–Crippen MR) is 99.6 cm³/mol. The van der Waals surface area contributed by atoms with E-state index in [9.17, 15) is 27.2 Å². The standard InChI is InChI=1S/C18H14F4N6O4/c1-26-8-23-15-14(26)16(29)27(9-24-15)7-13-25-28(17(30)31-13)6-12(19)10-2-4-11(5-3-10)32-18(20,21)22/h2-5,8-9,12H,6-7H2,1H3/t12-/m0/s1. The summed E-state index contributed by atoms with van der Waals surface area (Å²) in [6.07, 6.45) is -3.97. The Labute approximate surface area is 175 Å². The molecule has 0 spiro atoms. The quantitative estimate of drug-likeness (QED) is 0.410. The van der Waals surface area contributed by atoms with Gasteiger partial charge in [-0.15, -0.1) is 18.3 Å². The van der Waals surface area contributed by atoms with Gasteiger partial charge in [-0.05, 0) is 17.7 Å². The number of hydrogen-bond donors (Lipinski definition) is 0. The van der Waals surface area contributed by atoms with Crippen LogP contribution >= 0.6 is 0 Å². The van der Waals surface area contributed by atoms with E-state index in [1.54, 1.807) is 7.05 Å². The highest BCUT2D eigenvalue weighted by atomic mass is 19.4. The normalized spacial score (nSPS) is 12.9. The lowest BCUT2D eigenvalue weighted by Crippen LogP contribution is -2.23. The smallest absolute Gasteiger partial charge is 0.406 e. The number of fused-ring (bicyclic) bond motifs is 1. The fourth-order valence-corrected chi connectivity index (χ4v) is 2.99. The third-order valence-corrected chi connectivity index (χ3v) is 4.46. The minimum atomic E-state index is -4.86. The van der Waals surface area contributed by atoms with Gasteiger partial charge < -0.3 is 13.7 Å². The Bertz CT molecular complexity index is 1370. The summed E-state index contributed by atoms with van der Waals surface area (Å²) in [5, 5.41) is 3.88. The largest absolute Gasteiger partial charge is 0.573 e. The SMILES string of the molecule is Cn1cnc2ncn(Cc3nn(C[C@H](F)c4ccc(OC(F)(F)F)cc4)c(=O)o3)c(=O)c21. The zero-order valence-corrected chi connectivity index (χ0v) is 16.3. The van der Waals surface area contributed by atoms with Crippen LogP contribution in [0.1, 0.15) is 17.6 Å². The summed E-state index contributed by atoms with van der Waals surface area (Å²) in [5.41, 5.74) is 0.0819. The maximum absolute atomic E-state index is 14.6. The lowest BCUT2D eigenvalue weighted by Gasteiger charge is -2.11. The first-order valence-corrected chi connectivity index (χ1v) is 9.04. The number of benzene rings is 1. The summed E-state index contributed by atoms with van der Waals surface area (Å²) in [5.74, 6) is -1.61. The molecule has 0 N–H and O–H groups in total. The fraction of sp³-hybridized carbons (Fsp3) is 0.278. The van der Waals surface area contributed by atoms with Crippen molar-refractivity contribution in [3.8, 4) is 5.75 Å². The molecule has 0 aliphatic heterocycles. The monoisotopic (exact) mass is 454 g/mol. The van der Waals surface area contributed by atoms with Crippen molar-refractivity contribution >= 4 is 11.2 Å². The molecule has 3 aromatic heterocycles. The molecular formula is C18H14F4N6O4. The van der Waals surface area contributed by atoms with E-state index in [1.807, 2.05) is 0 Å². The van der Waals surface area contributed by atoms with E-state index in [0.717, 1.165) is 33.5 Å². The van der Waals surface area contributed by atoms with Crippen LogP contribution < -0.4 is 16.1 Å². The molecule has 10 nitrogen and oxygen atoms in total. The van der Waals surface area contributed by atoms with Crippen molar-refractivity contribution in [2.24, 2.45) is 7.05 Å². The van der Waals surface area contributed by atoms with Gasteiger partial charge >= 0.3 is 12.1 Å². The first-order chi connectivity index (χ1) is 15.1. The van der Waals surface area contributed by atoms with Gasteiger partial charge in [0.05, 0.1) is 12.9 Å². The first-order valence-electron chi connectivity index (χ1n) is 9.04. The molecule has 1 aromatic carbocycles. The van der Waals surface area contributed by atoms with Crippen molar-refractivity contribution in [1.82, 2.24) is 28.9 Å². The van der Waals surface area contributed by atoms with Gasteiger partial charge in [-0.2, -0.15) is 4.68 Å². The van der Waals surface area contributed by atoms with Gasteiger partial charge in [0.2, 0.25) is 5.89 Å². The number of ether oxygens (including phenoxy) is 1. The van der Waals surface area contributed by atoms with E-state index in [2.05, 4.69) is 19.8 Å². The number of nitrogens with zero attached hydrogens (tertiary/aromatic N) is 6. The molecule has 1 atom stereocenters. The molecule has 0 radical (unpaired) electrons. The second-order valence-corrected chi connectivity index (χ2v) is 6.73. The van der Waals surface area contributed by atoms with Crippen LogP contribution in [-0.4, -0.2) is 35.2 Å². The van der Waals surface area contributed by atoms with Crippen LogP contribution in [0.3, 0.4) is 0 Å². The van der Waals surface area contributed by atoms with Crippen molar-refractivity contribution in [3.63, 3.8) is 0 Å².